The summed E-state index contributed by atoms with van der Waals surface area (Å²) >= 11 is 8.41. The van der Waals surface area contributed by atoms with Crippen LogP contribution in [0, 0.1) is 0 Å². The number of hydrogen-bond acceptors (Lipinski definition) is 2. The van der Waals surface area contributed by atoms with Crippen LogP contribution in [0.3, 0.4) is 0 Å². The molecule has 0 aromatic carbocycles. The Balaban J connectivity index is 3.20. The molecular weight excluding hydrogens is 307 g/mol. The molecule has 0 unspecified atom stereocenters. The van der Waals surface area contributed by atoms with Crippen molar-refractivity contribution in [2.45, 2.75) is 18.7 Å². The standard InChI is InChI=1S/C9H7BrClF2NO2/c10-8-7(9(12)13)4(3-11)1-5(14-8)2-6(15)16/h1,9H,2-3H2,(H,15,16). The SMILES string of the molecule is O=C(O)Cc1cc(CCl)c(C(F)F)c(Br)n1. The first-order valence-electron chi connectivity index (χ1n) is 4.19. The number of carbonyl (C=O) groups is 1. The molecule has 1 N–H and O–H groups in total. The van der Waals surface area contributed by atoms with Crippen LogP contribution in [-0.2, 0) is 17.1 Å². The quantitative estimate of drug-likeness (QED) is 0.686. The van der Waals surface area contributed by atoms with Crippen LogP contribution in [0.15, 0.2) is 10.7 Å². The Labute approximate surface area is 104 Å². The molecule has 0 spiro atoms. The smallest absolute Gasteiger partial charge is 0.309 e. The highest BCUT2D eigenvalue weighted by molar-refractivity contribution is 9.10. The fourth-order valence-corrected chi connectivity index (χ4v) is 2.09. The first kappa shape index (κ1) is 13.3. The number of hydrogen-bond donors (Lipinski definition) is 1. The molecule has 1 heterocycles. The van der Waals surface area contributed by atoms with Crippen molar-refractivity contribution in [3.05, 3.63) is 27.5 Å². The lowest BCUT2D eigenvalue weighted by atomic mass is 10.1. The zero-order valence-electron chi connectivity index (χ0n) is 7.88. The summed E-state index contributed by atoms with van der Waals surface area (Å²) in [5, 5.41) is 8.56. The van der Waals surface area contributed by atoms with Crippen molar-refractivity contribution in [3.8, 4) is 0 Å². The average molecular weight is 315 g/mol. The zero-order valence-corrected chi connectivity index (χ0v) is 10.2. The molecule has 7 heteroatoms. The molecule has 0 radical (unpaired) electrons. The lowest BCUT2D eigenvalue weighted by molar-refractivity contribution is -0.136. The van der Waals surface area contributed by atoms with E-state index in [2.05, 4.69) is 20.9 Å². The van der Waals surface area contributed by atoms with E-state index in [0.717, 1.165) is 0 Å². The molecule has 0 aliphatic carbocycles. The lowest BCUT2D eigenvalue weighted by Gasteiger charge is -2.10. The fraction of sp³-hybridized carbons (Fsp3) is 0.333. The number of aromatic nitrogens is 1. The molecule has 1 aromatic heterocycles. The van der Waals surface area contributed by atoms with Gasteiger partial charge in [-0.2, -0.15) is 0 Å². The molecule has 1 aromatic rings. The molecule has 0 aliphatic heterocycles. The van der Waals surface area contributed by atoms with Gasteiger partial charge < -0.3 is 5.11 Å². The third-order valence-electron chi connectivity index (χ3n) is 1.85. The maximum atomic E-state index is 12.6. The number of halogens is 4. The predicted octanol–water partition coefficient (Wildman–Crippen LogP) is 3.15. The normalized spacial score (nSPS) is 10.8. The van der Waals surface area contributed by atoms with Crippen LogP contribution in [0.4, 0.5) is 8.78 Å². The van der Waals surface area contributed by atoms with Crippen molar-refractivity contribution >= 4 is 33.5 Å². The summed E-state index contributed by atoms with van der Waals surface area (Å²) in [6.45, 7) is 0. The number of nitrogens with zero attached hydrogens (tertiary/aromatic N) is 1. The summed E-state index contributed by atoms with van der Waals surface area (Å²) in [5.74, 6) is -1.20. The minimum atomic E-state index is -2.70. The van der Waals surface area contributed by atoms with Gasteiger partial charge in [0.1, 0.15) is 4.60 Å². The molecular formula is C9H7BrClF2NO2. The third kappa shape index (κ3) is 3.12. The molecule has 0 bridgehead atoms. The van der Waals surface area contributed by atoms with Crippen LogP contribution < -0.4 is 0 Å². The lowest BCUT2D eigenvalue weighted by Crippen LogP contribution is -2.06. The van der Waals surface area contributed by atoms with Gasteiger partial charge in [-0.15, -0.1) is 11.6 Å². The van der Waals surface area contributed by atoms with Gasteiger partial charge in [0, 0.05) is 5.88 Å². The van der Waals surface area contributed by atoms with Gasteiger partial charge in [0.05, 0.1) is 17.7 Å². The molecule has 0 atom stereocenters. The van der Waals surface area contributed by atoms with Gasteiger partial charge in [0.25, 0.3) is 6.43 Å². The molecule has 0 fully saturated rings. The van der Waals surface area contributed by atoms with E-state index >= 15 is 0 Å². The third-order valence-corrected chi connectivity index (χ3v) is 2.74. The van der Waals surface area contributed by atoms with Crippen LogP contribution in [0.1, 0.15) is 23.2 Å². The molecule has 0 aliphatic rings. The van der Waals surface area contributed by atoms with Crippen LogP contribution in [0.25, 0.3) is 0 Å². The largest absolute Gasteiger partial charge is 0.481 e. The Bertz CT molecular complexity index is 415. The molecule has 3 nitrogen and oxygen atoms in total. The van der Waals surface area contributed by atoms with Crippen molar-refractivity contribution in [1.82, 2.24) is 4.98 Å². The van der Waals surface area contributed by atoms with Crippen LogP contribution in [0.5, 0.6) is 0 Å². The van der Waals surface area contributed by atoms with Crippen molar-refractivity contribution in [2.24, 2.45) is 0 Å². The summed E-state index contributed by atoms with van der Waals surface area (Å²) in [5.41, 5.74) is 0.0957. The highest BCUT2D eigenvalue weighted by Gasteiger charge is 2.19. The van der Waals surface area contributed by atoms with E-state index in [-0.39, 0.29) is 33.7 Å². The zero-order chi connectivity index (χ0) is 12.3. The number of carboxylic acid groups (broad SMARTS) is 1. The second-order valence-electron chi connectivity index (χ2n) is 2.98. The van der Waals surface area contributed by atoms with E-state index in [9.17, 15) is 13.6 Å². The average Bonchev–Trinajstić information content (AvgIpc) is 2.14. The Morgan fingerprint density at radius 1 is 1.62 bits per heavy atom. The number of carboxylic acids is 1. The Kier molecular flexibility index (Phi) is 4.61. The highest BCUT2D eigenvalue weighted by atomic mass is 79.9. The summed E-state index contributed by atoms with van der Waals surface area (Å²) in [4.78, 5) is 14.2. The van der Waals surface area contributed by atoms with E-state index in [1.54, 1.807) is 0 Å². The Morgan fingerprint density at radius 2 is 2.25 bits per heavy atom. The van der Waals surface area contributed by atoms with Gasteiger partial charge >= 0.3 is 5.97 Å². The fourth-order valence-electron chi connectivity index (χ4n) is 1.22. The molecule has 0 amide bonds. The van der Waals surface area contributed by atoms with Crippen molar-refractivity contribution in [3.63, 3.8) is 0 Å². The monoisotopic (exact) mass is 313 g/mol. The second kappa shape index (κ2) is 5.54. The summed E-state index contributed by atoms with van der Waals surface area (Å²) in [6.07, 6.45) is -3.03. The summed E-state index contributed by atoms with van der Waals surface area (Å²) in [6, 6.07) is 1.29. The minimum Gasteiger partial charge on any atom is -0.481 e. The van der Waals surface area contributed by atoms with Crippen LogP contribution in [-0.4, -0.2) is 16.1 Å². The molecule has 16 heavy (non-hydrogen) atoms. The first-order valence-corrected chi connectivity index (χ1v) is 5.52. The van der Waals surface area contributed by atoms with Gasteiger partial charge in [-0.1, -0.05) is 0 Å². The van der Waals surface area contributed by atoms with Gasteiger partial charge in [0.2, 0.25) is 0 Å². The second-order valence-corrected chi connectivity index (χ2v) is 4.00. The molecule has 0 saturated heterocycles. The first-order chi connectivity index (χ1) is 7.45. The highest BCUT2D eigenvalue weighted by Crippen LogP contribution is 2.30. The van der Waals surface area contributed by atoms with E-state index in [1.807, 2.05) is 0 Å². The molecule has 88 valence electrons. The molecule has 1 rings (SSSR count). The number of rotatable bonds is 4. The summed E-state index contributed by atoms with van der Waals surface area (Å²) in [7, 11) is 0. The van der Waals surface area contributed by atoms with E-state index in [0.29, 0.717) is 0 Å². The molecule has 0 saturated carbocycles. The van der Waals surface area contributed by atoms with E-state index in [1.165, 1.54) is 6.07 Å². The van der Waals surface area contributed by atoms with Gasteiger partial charge in [-0.3, -0.25) is 4.79 Å². The topological polar surface area (TPSA) is 50.2 Å². The van der Waals surface area contributed by atoms with Crippen LogP contribution >= 0.6 is 27.5 Å². The van der Waals surface area contributed by atoms with Crippen molar-refractivity contribution in [1.29, 1.82) is 0 Å². The minimum absolute atomic E-state index is 0.0584. The van der Waals surface area contributed by atoms with E-state index < -0.39 is 12.4 Å². The van der Waals surface area contributed by atoms with Crippen molar-refractivity contribution in [2.75, 3.05) is 0 Å². The number of alkyl halides is 3. The van der Waals surface area contributed by atoms with Crippen molar-refractivity contribution < 1.29 is 18.7 Å². The maximum absolute atomic E-state index is 12.6. The predicted molar refractivity (Wildman–Crippen MR) is 57.8 cm³/mol. The number of aliphatic carboxylic acids is 1. The summed E-state index contributed by atoms with van der Waals surface area (Å²) < 4.78 is 25.2. The van der Waals surface area contributed by atoms with Crippen LogP contribution in [0.2, 0.25) is 0 Å². The maximum Gasteiger partial charge on any atom is 0.309 e. The Morgan fingerprint density at radius 3 is 2.69 bits per heavy atom. The number of pyridine rings is 1. The van der Waals surface area contributed by atoms with Gasteiger partial charge in [0.15, 0.2) is 0 Å². The van der Waals surface area contributed by atoms with Gasteiger partial charge in [-0.05, 0) is 27.6 Å². The van der Waals surface area contributed by atoms with Gasteiger partial charge in [-0.25, -0.2) is 13.8 Å². The van der Waals surface area contributed by atoms with E-state index in [4.69, 9.17) is 16.7 Å². The Hall–Kier alpha value is -0.750.